The van der Waals surface area contributed by atoms with E-state index in [-0.39, 0.29) is 11.3 Å². The molecule has 0 aromatic heterocycles. The van der Waals surface area contributed by atoms with Gasteiger partial charge in [-0.05, 0) is 50.5 Å². The summed E-state index contributed by atoms with van der Waals surface area (Å²) in [6.45, 7) is 4.64. The molecule has 0 radical (unpaired) electrons. The maximum Gasteiger partial charge on any atom is 0.154 e. The number of hydrogen-bond acceptors (Lipinski definition) is 3. The Bertz CT molecular complexity index is 393. The van der Waals surface area contributed by atoms with Crippen molar-refractivity contribution in [1.82, 2.24) is 5.32 Å². The molecular weight excluding hydrogens is 258 g/mol. The fourth-order valence-corrected chi connectivity index (χ4v) is 6.26. The van der Waals surface area contributed by atoms with E-state index in [1.807, 2.05) is 7.05 Å². The molecule has 1 saturated carbocycles. The molecule has 0 aromatic rings. The molecule has 19 heavy (non-hydrogen) atoms. The Balaban J connectivity index is 2.11. The highest BCUT2D eigenvalue weighted by Gasteiger charge is 2.40. The average Bonchev–Trinajstić information content (AvgIpc) is 2.36. The van der Waals surface area contributed by atoms with Gasteiger partial charge in [-0.15, -0.1) is 0 Å². The first-order valence-corrected chi connectivity index (χ1v) is 9.56. The Morgan fingerprint density at radius 3 is 2.37 bits per heavy atom. The van der Waals surface area contributed by atoms with E-state index in [4.69, 9.17) is 0 Å². The molecule has 0 amide bonds. The van der Waals surface area contributed by atoms with Crippen LogP contribution in [0, 0.1) is 17.8 Å². The molecule has 1 saturated heterocycles. The van der Waals surface area contributed by atoms with Crippen molar-refractivity contribution in [3.63, 3.8) is 0 Å². The van der Waals surface area contributed by atoms with Crippen molar-refractivity contribution in [3.05, 3.63) is 0 Å². The van der Waals surface area contributed by atoms with Crippen molar-refractivity contribution < 1.29 is 8.42 Å². The van der Waals surface area contributed by atoms with Gasteiger partial charge >= 0.3 is 0 Å². The van der Waals surface area contributed by atoms with E-state index in [1.165, 1.54) is 19.3 Å². The summed E-state index contributed by atoms with van der Waals surface area (Å²) in [5.41, 5.74) is 0. The van der Waals surface area contributed by atoms with Crippen LogP contribution >= 0.6 is 0 Å². The van der Waals surface area contributed by atoms with Crippen LogP contribution in [0.4, 0.5) is 0 Å². The van der Waals surface area contributed by atoms with Gasteiger partial charge < -0.3 is 5.32 Å². The molecule has 0 bridgehead atoms. The molecule has 3 nitrogen and oxygen atoms in total. The molecular formula is C15H29NO2S. The van der Waals surface area contributed by atoms with E-state index >= 15 is 0 Å². The van der Waals surface area contributed by atoms with E-state index in [0.29, 0.717) is 11.7 Å². The van der Waals surface area contributed by atoms with Crippen LogP contribution in [0.2, 0.25) is 0 Å². The molecule has 1 aliphatic carbocycles. The molecule has 0 aromatic carbocycles. The first-order chi connectivity index (χ1) is 8.95. The summed E-state index contributed by atoms with van der Waals surface area (Å²) < 4.78 is 24.7. The predicted molar refractivity (Wildman–Crippen MR) is 79.9 cm³/mol. The lowest BCUT2D eigenvalue weighted by Gasteiger charge is -2.40. The number of hydrogen-bond donors (Lipinski definition) is 1. The van der Waals surface area contributed by atoms with Crippen molar-refractivity contribution in [2.45, 2.75) is 63.7 Å². The molecule has 2 fully saturated rings. The van der Waals surface area contributed by atoms with E-state index in [1.54, 1.807) is 0 Å². The first-order valence-electron chi connectivity index (χ1n) is 7.84. The Morgan fingerprint density at radius 1 is 1.05 bits per heavy atom. The van der Waals surface area contributed by atoms with Gasteiger partial charge in [0.25, 0.3) is 0 Å². The molecule has 5 unspecified atom stereocenters. The third kappa shape index (κ3) is 3.33. The molecule has 1 aliphatic heterocycles. The zero-order valence-electron chi connectivity index (χ0n) is 12.6. The van der Waals surface area contributed by atoms with Gasteiger partial charge in [-0.25, -0.2) is 8.42 Å². The zero-order chi connectivity index (χ0) is 14.0. The first kappa shape index (κ1) is 15.3. The fourth-order valence-electron chi connectivity index (χ4n) is 4.02. The lowest BCUT2D eigenvalue weighted by atomic mass is 9.72. The van der Waals surface area contributed by atoms with Crippen LogP contribution in [0.5, 0.6) is 0 Å². The highest BCUT2D eigenvalue weighted by molar-refractivity contribution is 7.92. The van der Waals surface area contributed by atoms with Gasteiger partial charge in [-0.1, -0.05) is 26.7 Å². The Morgan fingerprint density at radius 2 is 1.79 bits per heavy atom. The average molecular weight is 287 g/mol. The highest BCUT2D eigenvalue weighted by atomic mass is 32.2. The second kappa shape index (κ2) is 6.13. The Labute approximate surface area is 118 Å². The maximum atomic E-state index is 12.3. The van der Waals surface area contributed by atoms with E-state index in [0.717, 1.165) is 31.1 Å². The summed E-state index contributed by atoms with van der Waals surface area (Å²) in [5.74, 6) is 2.45. The molecule has 112 valence electrons. The number of nitrogens with one attached hydrogen (secondary N) is 1. The maximum absolute atomic E-state index is 12.3. The van der Waals surface area contributed by atoms with Crippen LogP contribution in [-0.4, -0.2) is 32.5 Å². The summed E-state index contributed by atoms with van der Waals surface area (Å²) in [6.07, 6.45) is 6.39. The lowest BCUT2D eigenvalue weighted by molar-refractivity contribution is 0.168. The highest BCUT2D eigenvalue weighted by Crippen LogP contribution is 2.38. The van der Waals surface area contributed by atoms with Crippen molar-refractivity contribution in [2.24, 2.45) is 17.8 Å². The number of sulfone groups is 1. The van der Waals surface area contributed by atoms with Gasteiger partial charge in [0, 0.05) is 6.04 Å². The minimum Gasteiger partial charge on any atom is -0.315 e. The largest absolute Gasteiger partial charge is 0.315 e. The topological polar surface area (TPSA) is 46.2 Å². The standard InChI is InChI=1S/C15H29NO2S/c1-11-7-8-13(10-12(11)2)15(16-3)14-6-4-5-9-19(14,17)18/h11-16H,4-10H2,1-3H3. The van der Waals surface area contributed by atoms with Crippen molar-refractivity contribution in [3.8, 4) is 0 Å². The van der Waals surface area contributed by atoms with Crippen LogP contribution in [-0.2, 0) is 9.84 Å². The summed E-state index contributed by atoms with van der Waals surface area (Å²) in [7, 11) is -0.936. The molecule has 0 spiro atoms. The van der Waals surface area contributed by atoms with E-state index in [9.17, 15) is 8.42 Å². The molecule has 1 N–H and O–H groups in total. The second-order valence-electron chi connectivity index (χ2n) is 6.74. The summed E-state index contributed by atoms with van der Waals surface area (Å²) in [5, 5.41) is 3.21. The lowest BCUT2D eigenvalue weighted by Crippen LogP contribution is -2.50. The van der Waals surface area contributed by atoms with Gasteiger partial charge in [0.1, 0.15) is 0 Å². The van der Waals surface area contributed by atoms with Crippen LogP contribution in [0.25, 0.3) is 0 Å². The van der Waals surface area contributed by atoms with Gasteiger partial charge in [-0.3, -0.25) is 0 Å². The SMILES string of the molecule is CNC(C1CCC(C)C(C)C1)C1CCCCS1(=O)=O. The second-order valence-corrected chi connectivity index (χ2v) is 9.08. The quantitative estimate of drug-likeness (QED) is 0.868. The van der Waals surface area contributed by atoms with Crippen molar-refractivity contribution in [2.75, 3.05) is 12.8 Å². The van der Waals surface area contributed by atoms with Crippen LogP contribution in [0.3, 0.4) is 0 Å². The molecule has 1 heterocycles. The van der Waals surface area contributed by atoms with Gasteiger partial charge in [0.05, 0.1) is 11.0 Å². The predicted octanol–water partition coefficient (Wildman–Crippen LogP) is 2.61. The Kier molecular flexibility index (Phi) is 4.93. The van der Waals surface area contributed by atoms with Gasteiger partial charge in [0.15, 0.2) is 9.84 Å². The van der Waals surface area contributed by atoms with Crippen molar-refractivity contribution in [1.29, 1.82) is 0 Å². The monoisotopic (exact) mass is 287 g/mol. The molecule has 2 aliphatic rings. The minimum atomic E-state index is -2.88. The molecule has 4 heteroatoms. The van der Waals surface area contributed by atoms with Gasteiger partial charge in [-0.2, -0.15) is 0 Å². The summed E-state index contributed by atoms with van der Waals surface area (Å²) >= 11 is 0. The van der Waals surface area contributed by atoms with Crippen LogP contribution < -0.4 is 5.32 Å². The third-order valence-electron chi connectivity index (χ3n) is 5.51. The fraction of sp³-hybridized carbons (Fsp3) is 1.00. The van der Waals surface area contributed by atoms with Crippen LogP contribution in [0.15, 0.2) is 0 Å². The van der Waals surface area contributed by atoms with E-state index in [2.05, 4.69) is 19.2 Å². The smallest absolute Gasteiger partial charge is 0.154 e. The third-order valence-corrected chi connectivity index (χ3v) is 7.82. The van der Waals surface area contributed by atoms with E-state index < -0.39 is 9.84 Å². The Hall–Kier alpha value is -0.0900. The number of rotatable bonds is 3. The summed E-state index contributed by atoms with van der Waals surface area (Å²) in [4.78, 5) is 0. The summed E-state index contributed by atoms with van der Waals surface area (Å²) in [6, 6.07) is 0.167. The minimum absolute atomic E-state index is 0.142. The normalized spacial score (nSPS) is 40.8. The molecule has 2 rings (SSSR count). The zero-order valence-corrected chi connectivity index (χ0v) is 13.4. The van der Waals surface area contributed by atoms with Gasteiger partial charge in [0.2, 0.25) is 0 Å². The van der Waals surface area contributed by atoms with Crippen LogP contribution in [0.1, 0.15) is 52.4 Å². The molecule has 5 atom stereocenters. The van der Waals surface area contributed by atoms with Crippen molar-refractivity contribution >= 4 is 9.84 Å².